The summed E-state index contributed by atoms with van der Waals surface area (Å²) in [5, 5.41) is 8.96. The fraction of sp³-hybridized carbons (Fsp3) is 0.533. The summed E-state index contributed by atoms with van der Waals surface area (Å²) in [5.41, 5.74) is 5.29. The molecule has 0 radical (unpaired) electrons. The Labute approximate surface area is 144 Å². The van der Waals surface area contributed by atoms with Crippen molar-refractivity contribution in [2.75, 3.05) is 6.54 Å². The standard InChI is InChI=1S/C15H17F6NO4/c1-8(5-10(7-22)13(23)24)4-9-2-3-11(25-14(16,17)18)6-12(9)26-15(19,20)21/h2-3,6,8,10H,4-5,7,22H2,1H3,(H,23,24). The molecule has 0 bridgehead atoms. The highest BCUT2D eigenvalue weighted by Crippen LogP contribution is 2.34. The summed E-state index contributed by atoms with van der Waals surface area (Å²) in [6.07, 6.45) is -10.2. The molecule has 1 aromatic rings. The van der Waals surface area contributed by atoms with Crippen molar-refractivity contribution in [3.05, 3.63) is 23.8 Å². The summed E-state index contributed by atoms with van der Waals surface area (Å²) in [4.78, 5) is 11.0. The van der Waals surface area contributed by atoms with Crippen molar-refractivity contribution in [3.63, 3.8) is 0 Å². The fourth-order valence-electron chi connectivity index (χ4n) is 2.36. The highest BCUT2D eigenvalue weighted by molar-refractivity contribution is 5.70. The molecule has 1 aromatic carbocycles. The summed E-state index contributed by atoms with van der Waals surface area (Å²) >= 11 is 0. The lowest BCUT2D eigenvalue weighted by atomic mass is 9.90. The lowest BCUT2D eigenvalue weighted by Crippen LogP contribution is -2.26. The molecule has 0 saturated carbocycles. The van der Waals surface area contributed by atoms with Crippen molar-refractivity contribution in [3.8, 4) is 11.5 Å². The predicted molar refractivity (Wildman–Crippen MR) is 77.5 cm³/mol. The number of aliphatic carboxylic acids is 1. The van der Waals surface area contributed by atoms with Gasteiger partial charge in [-0.1, -0.05) is 13.0 Å². The first kappa shape index (κ1) is 21.9. The molecule has 0 spiro atoms. The van der Waals surface area contributed by atoms with Crippen molar-refractivity contribution in [2.24, 2.45) is 17.6 Å². The molecule has 2 atom stereocenters. The number of rotatable bonds is 8. The SMILES string of the molecule is CC(Cc1ccc(OC(F)(F)F)cc1OC(F)(F)F)CC(CN)C(=O)O. The maximum Gasteiger partial charge on any atom is 0.573 e. The summed E-state index contributed by atoms with van der Waals surface area (Å²) in [7, 11) is 0. The Hall–Kier alpha value is -2.17. The van der Waals surface area contributed by atoms with Crippen molar-refractivity contribution < 1.29 is 45.7 Å². The van der Waals surface area contributed by atoms with Gasteiger partial charge < -0.3 is 20.3 Å². The Morgan fingerprint density at radius 2 is 1.73 bits per heavy atom. The van der Waals surface area contributed by atoms with Gasteiger partial charge in [0, 0.05) is 12.6 Å². The number of hydrogen-bond acceptors (Lipinski definition) is 4. The van der Waals surface area contributed by atoms with Gasteiger partial charge in [-0.15, -0.1) is 26.3 Å². The largest absolute Gasteiger partial charge is 0.573 e. The molecule has 148 valence electrons. The minimum Gasteiger partial charge on any atom is -0.481 e. The number of nitrogens with two attached hydrogens (primary N) is 1. The van der Waals surface area contributed by atoms with Gasteiger partial charge in [0.2, 0.25) is 0 Å². The summed E-state index contributed by atoms with van der Waals surface area (Å²) < 4.78 is 81.6. The Morgan fingerprint density at radius 1 is 1.15 bits per heavy atom. The van der Waals surface area contributed by atoms with Gasteiger partial charge in [-0.3, -0.25) is 4.79 Å². The zero-order chi connectivity index (χ0) is 20.1. The molecule has 0 aromatic heterocycles. The van der Waals surface area contributed by atoms with E-state index in [4.69, 9.17) is 10.8 Å². The average Bonchev–Trinajstić information content (AvgIpc) is 2.44. The van der Waals surface area contributed by atoms with Crippen LogP contribution in [-0.2, 0) is 11.2 Å². The van der Waals surface area contributed by atoms with E-state index in [1.54, 1.807) is 6.92 Å². The molecule has 26 heavy (non-hydrogen) atoms. The van der Waals surface area contributed by atoms with Gasteiger partial charge in [0.1, 0.15) is 11.5 Å². The highest BCUT2D eigenvalue weighted by atomic mass is 19.4. The van der Waals surface area contributed by atoms with Crippen LogP contribution in [0.15, 0.2) is 18.2 Å². The van der Waals surface area contributed by atoms with Crippen molar-refractivity contribution in [2.45, 2.75) is 32.5 Å². The first-order valence-corrected chi connectivity index (χ1v) is 7.38. The smallest absolute Gasteiger partial charge is 0.481 e. The van der Waals surface area contributed by atoms with E-state index >= 15 is 0 Å². The van der Waals surface area contributed by atoms with Crippen LogP contribution in [0.25, 0.3) is 0 Å². The first-order valence-electron chi connectivity index (χ1n) is 7.38. The van der Waals surface area contributed by atoms with Gasteiger partial charge in [0.05, 0.1) is 5.92 Å². The van der Waals surface area contributed by atoms with Crippen LogP contribution < -0.4 is 15.2 Å². The lowest BCUT2D eigenvalue weighted by molar-refractivity contribution is -0.276. The fourth-order valence-corrected chi connectivity index (χ4v) is 2.36. The number of ether oxygens (including phenoxy) is 2. The Morgan fingerprint density at radius 3 is 2.19 bits per heavy atom. The van der Waals surface area contributed by atoms with Crippen LogP contribution >= 0.6 is 0 Å². The molecule has 0 amide bonds. The van der Waals surface area contributed by atoms with Crippen LogP contribution in [0.2, 0.25) is 0 Å². The van der Waals surface area contributed by atoms with Gasteiger partial charge in [-0.25, -0.2) is 0 Å². The van der Waals surface area contributed by atoms with E-state index < -0.39 is 42.0 Å². The van der Waals surface area contributed by atoms with Crippen LogP contribution in [0, 0.1) is 11.8 Å². The van der Waals surface area contributed by atoms with Crippen LogP contribution in [0.3, 0.4) is 0 Å². The van der Waals surface area contributed by atoms with E-state index in [9.17, 15) is 31.1 Å². The highest BCUT2D eigenvalue weighted by Gasteiger charge is 2.34. The van der Waals surface area contributed by atoms with Gasteiger partial charge in [0.15, 0.2) is 0 Å². The van der Waals surface area contributed by atoms with E-state index in [2.05, 4.69) is 9.47 Å². The van der Waals surface area contributed by atoms with Crippen molar-refractivity contribution >= 4 is 5.97 Å². The Balaban J connectivity index is 3.02. The molecule has 0 aliphatic carbocycles. The summed E-state index contributed by atoms with van der Waals surface area (Å²) in [6.45, 7) is 1.44. The first-order chi connectivity index (χ1) is 11.8. The normalized spacial score (nSPS) is 14.6. The van der Waals surface area contributed by atoms with Crippen LogP contribution in [-0.4, -0.2) is 30.3 Å². The number of carboxylic acid groups (broad SMARTS) is 1. The molecule has 3 N–H and O–H groups in total. The van der Waals surface area contributed by atoms with E-state index in [1.807, 2.05) is 0 Å². The minimum absolute atomic E-state index is 0.0366. The second-order valence-corrected chi connectivity index (χ2v) is 5.68. The van der Waals surface area contributed by atoms with E-state index in [0.29, 0.717) is 6.07 Å². The predicted octanol–water partition coefficient (Wildman–Crippen LogP) is 3.71. The zero-order valence-corrected chi connectivity index (χ0v) is 13.5. The molecule has 1 rings (SSSR count). The van der Waals surface area contributed by atoms with Crippen LogP contribution in [0.1, 0.15) is 18.9 Å². The second kappa shape index (κ2) is 8.47. The molecule has 0 fully saturated rings. The number of hydrogen-bond donors (Lipinski definition) is 2. The summed E-state index contributed by atoms with van der Waals surface area (Å²) in [6, 6.07) is 2.36. The van der Waals surface area contributed by atoms with Crippen LogP contribution in [0.4, 0.5) is 26.3 Å². The maximum atomic E-state index is 12.5. The molecule has 11 heteroatoms. The number of benzene rings is 1. The van der Waals surface area contributed by atoms with Gasteiger partial charge in [-0.2, -0.15) is 0 Å². The molecule has 0 saturated heterocycles. The quantitative estimate of drug-likeness (QED) is 0.663. The van der Waals surface area contributed by atoms with Gasteiger partial charge in [-0.05, 0) is 30.4 Å². The monoisotopic (exact) mass is 389 g/mol. The zero-order valence-electron chi connectivity index (χ0n) is 13.5. The Kier molecular flexibility index (Phi) is 7.13. The van der Waals surface area contributed by atoms with Crippen LogP contribution in [0.5, 0.6) is 11.5 Å². The number of carboxylic acids is 1. The molecular formula is C15H17F6NO4. The molecule has 2 unspecified atom stereocenters. The van der Waals surface area contributed by atoms with Crippen molar-refractivity contribution in [1.29, 1.82) is 0 Å². The van der Waals surface area contributed by atoms with E-state index in [1.165, 1.54) is 0 Å². The topological polar surface area (TPSA) is 81.8 Å². The lowest BCUT2D eigenvalue weighted by Gasteiger charge is -2.19. The number of alkyl halides is 6. The van der Waals surface area contributed by atoms with E-state index in [0.717, 1.165) is 12.1 Å². The third-order valence-electron chi connectivity index (χ3n) is 3.39. The molecule has 0 aliphatic rings. The molecule has 5 nitrogen and oxygen atoms in total. The Bertz CT molecular complexity index is 617. The number of carbonyl (C=O) groups is 1. The van der Waals surface area contributed by atoms with Gasteiger partial charge >= 0.3 is 18.7 Å². The number of halogens is 6. The molecule has 0 heterocycles. The minimum atomic E-state index is -5.12. The van der Waals surface area contributed by atoms with Crippen molar-refractivity contribution in [1.82, 2.24) is 0 Å². The third-order valence-corrected chi connectivity index (χ3v) is 3.39. The third kappa shape index (κ3) is 7.81. The summed E-state index contributed by atoms with van der Waals surface area (Å²) in [5.74, 6) is -4.14. The van der Waals surface area contributed by atoms with E-state index in [-0.39, 0.29) is 24.9 Å². The second-order valence-electron chi connectivity index (χ2n) is 5.68. The molecule has 0 aliphatic heterocycles. The average molecular weight is 389 g/mol. The maximum absolute atomic E-state index is 12.5. The molecular weight excluding hydrogens is 372 g/mol. The van der Waals surface area contributed by atoms with Gasteiger partial charge in [0.25, 0.3) is 0 Å².